The van der Waals surface area contributed by atoms with Gasteiger partial charge < -0.3 is 15.1 Å². The van der Waals surface area contributed by atoms with E-state index in [0.717, 1.165) is 39.1 Å². The molecule has 1 aliphatic heterocycles. The zero-order valence-corrected chi connectivity index (χ0v) is 14.2. The SMILES string of the molecule is Cc1ccc(CN(CCN(C)C)C(=O)C[C@H]2CCNC2)s1. The van der Waals surface area contributed by atoms with Crippen LogP contribution in [0.1, 0.15) is 22.6 Å². The Labute approximate surface area is 132 Å². The second-order valence-electron chi connectivity index (χ2n) is 6.19. The van der Waals surface area contributed by atoms with E-state index in [1.54, 1.807) is 11.3 Å². The monoisotopic (exact) mass is 309 g/mol. The van der Waals surface area contributed by atoms with E-state index >= 15 is 0 Å². The summed E-state index contributed by atoms with van der Waals surface area (Å²) in [5, 5.41) is 3.34. The minimum absolute atomic E-state index is 0.302. The summed E-state index contributed by atoms with van der Waals surface area (Å²) in [6.45, 7) is 6.64. The van der Waals surface area contributed by atoms with E-state index in [1.165, 1.54) is 9.75 Å². The molecule has 1 aromatic rings. The summed E-state index contributed by atoms with van der Waals surface area (Å²) in [6.07, 6.45) is 1.82. The first kappa shape index (κ1) is 16.5. The second kappa shape index (κ2) is 7.92. The van der Waals surface area contributed by atoms with Crippen LogP contribution in [0.4, 0.5) is 0 Å². The van der Waals surface area contributed by atoms with Crippen LogP contribution >= 0.6 is 11.3 Å². The lowest BCUT2D eigenvalue weighted by Crippen LogP contribution is -2.37. The van der Waals surface area contributed by atoms with Crippen molar-refractivity contribution in [2.24, 2.45) is 5.92 Å². The Morgan fingerprint density at radius 3 is 2.76 bits per heavy atom. The highest BCUT2D eigenvalue weighted by molar-refractivity contribution is 7.11. The topological polar surface area (TPSA) is 35.6 Å². The van der Waals surface area contributed by atoms with E-state index in [2.05, 4.69) is 43.4 Å². The number of carbonyl (C=O) groups is 1. The molecule has 1 atom stereocenters. The Hall–Kier alpha value is -0.910. The molecule has 1 aromatic heterocycles. The molecule has 0 bridgehead atoms. The number of hydrogen-bond acceptors (Lipinski definition) is 4. The fourth-order valence-electron chi connectivity index (χ4n) is 2.64. The summed E-state index contributed by atoms with van der Waals surface area (Å²) in [7, 11) is 4.11. The average molecular weight is 309 g/mol. The zero-order chi connectivity index (χ0) is 15.2. The number of thiophene rings is 1. The number of amides is 1. The lowest BCUT2D eigenvalue weighted by atomic mass is 10.0. The lowest BCUT2D eigenvalue weighted by molar-refractivity contribution is -0.132. The van der Waals surface area contributed by atoms with Gasteiger partial charge in [0.2, 0.25) is 5.91 Å². The van der Waals surface area contributed by atoms with Crippen LogP contribution in [0.2, 0.25) is 0 Å². The maximum atomic E-state index is 12.6. The second-order valence-corrected chi connectivity index (χ2v) is 7.57. The van der Waals surface area contributed by atoms with Gasteiger partial charge in [-0.1, -0.05) is 0 Å². The highest BCUT2D eigenvalue weighted by Crippen LogP contribution is 2.19. The van der Waals surface area contributed by atoms with Crippen LogP contribution in [0.25, 0.3) is 0 Å². The Kier molecular flexibility index (Phi) is 6.21. The number of nitrogens with one attached hydrogen (secondary N) is 1. The van der Waals surface area contributed by atoms with E-state index in [9.17, 15) is 4.79 Å². The van der Waals surface area contributed by atoms with E-state index in [-0.39, 0.29) is 0 Å². The molecule has 0 spiro atoms. The number of nitrogens with zero attached hydrogens (tertiary/aromatic N) is 2. The third-order valence-corrected chi connectivity index (χ3v) is 4.92. The van der Waals surface area contributed by atoms with Gasteiger partial charge in [0.1, 0.15) is 0 Å². The minimum atomic E-state index is 0.302. The molecule has 5 heteroatoms. The Bertz CT molecular complexity index is 452. The molecule has 118 valence electrons. The molecular weight excluding hydrogens is 282 g/mol. The van der Waals surface area contributed by atoms with E-state index in [1.807, 2.05) is 4.90 Å². The first-order chi connectivity index (χ1) is 10.0. The molecule has 0 radical (unpaired) electrons. The van der Waals surface area contributed by atoms with Crippen molar-refractivity contribution in [2.45, 2.75) is 26.3 Å². The molecule has 2 heterocycles. The maximum Gasteiger partial charge on any atom is 0.223 e. The Balaban J connectivity index is 1.94. The van der Waals surface area contributed by atoms with Gasteiger partial charge in [-0.3, -0.25) is 4.79 Å². The van der Waals surface area contributed by atoms with Crippen LogP contribution in [-0.4, -0.2) is 56.0 Å². The maximum absolute atomic E-state index is 12.6. The van der Waals surface area contributed by atoms with Crippen molar-refractivity contribution in [1.82, 2.24) is 15.1 Å². The van der Waals surface area contributed by atoms with Gasteiger partial charge >= 0.3 is 0 Å². The van der Waals surface area contributed by atoms with Crippen molar-refractivity contribution >= 4 is 17.2 Å². The van der Waals surface area contributed by atoms with Crippen LogP contribution in [0.15, 0.2) is 12.1 Å². The molecule has 2 rings (SSSR count). The quantitative estimate of drug-likeness (QED) is 0.836. The number of rotatable bonds is 7. The van der Waals surface area contributed by atoms with Crippen LogP contribution in [0.3, 0.4) is 0 Å². The van der Waals surface area contributed by atoms with Crippen molar-refractivity contribution < 1.29 is 4.79 Å². The summed E-state index contributed by atoms with van der Waals surface area (Å²) >= 11 is 1.79. The normalized spacial score (nSPS) is 18.4. The van der Waals surface area contributed by atoms with Gasteiger partial charge in [0, 0.05) is 29.3 Å². The molecule has 0 aliphatic carbocycles. The molecule has 1 N–H and O–H groups in total. The van der Waals surface area contributed by atoms with Crippen molar-refractivity contribution in [1.29, 1.82) is 0 Å². The van der Waals surface area contributed by atoms with E-state index in [0.29, 0.717) is 18.2 Å². The van der Waals surface area contributed by atoms with Gasteiger partial charge in [-0.05, 0) is 58.6 Å². The smallest absolute Gasteiger partial charge is 0.223 e. The third-order valence-electron chi connectivity index (χ3n) is 3.94. The van der Waals surface area contributed by atoms with Crippen LogP contribution in [-0.2, 0) is 11.3 Å². The summed E-state index contributed by atoms with van der Waals surface area (Å²) < 4.78 is 0. The zero-order valence-electron chi connectivity index (χ0n) is 13.4. The average Bonchev–Trinajstić information content (AvgIpc) is 3.06. The van der Waals surface area contributed by atoms with Crippen molar-refractivity contribution in [3.05, 3.63) is 21.9 Å². The van der Waals surface area contributed by atoms with Gasteiger partial charge in [-0.15, -0.1) is 11.3 Å². The summed E-state index contributed by atoms with van der Waals surface area (Å²) in [6, 6.07) is 4.28. The molecule has 0 saturated carbocycles. The first-order valence-corrected chi connectivity index (χ1v) is 8.55. The fourth-order valence-corrected chi connectivity index (χ4v) is 3.54. The van der Waals surface area contributed by atoms with Crippen LogP contribution in [0.5, 0.6) is 0 Å². The fraction of sp³-hybridized carbons (Fsp3) is 0.688. The van der Waals surface area contributed by atoms with Crippen molar-refractivity contribution in [3.8, 4) is 0 Å². The highest BCUT2D eigenvalue weighted by atomic mass is 32.1. The summed E-state index contributed by atoms with van der Waals surface area (Å²) in [4.78, 5) is 19.4. The largest absolute Gasteiger partial charge is 0.336 e. The Morgan fingerprint density at radius 2 is 2.19 bits per heavy atom. The predicted molar refractivity (Wildman–Crippen MR) is 88.6 cm³/mol. The molecule has 0 unspecified atom stereocenters. The van der Waals surface area contributed by atoms with Crippen LogP contribution < -0.4 is 5.32 Å². The summed E-state index contributed by atoms with van der Waals surface area (Å²) in [5.41, 5.74) is 0. The number of carbonyl (C=O) groups excluding carboxylic acids is 1. The molecule has 4 nitrogen and oxygen atoms in total. The molecule has 0 aromatic carbocycles. The number of likely N-dealkylation sites (N-methyl/N-ethyl adjacent to an activating group) is 1. The van der Waals surface area contributed by atoms with Crippen LogP contribution in [0, 0.1) is 12.8 Å². The highest BCUT2D eigenvalue weighted by Gasteiger charge is 2.22. The lowest BCUT2D eigenvalue weighted by Gasteiger charge is -2.25. The molecule has 1 amide bonds. The van der Waals surface area contributed by atoms with Crippen molar-refractivity contribution in [2.75, 3.05) is 40.3 Å². The molecule has 1 fully saturated rings. The van der Waals surface area contributed by atoms with Gasteiger partial charge in [0.15, 0.2) is 0 Å². The third kappa shape index (κ3) is 5.41. The van der Waals surface area contributed by atoms with E-state index < -0.39 is 0 Å². The van der Waals surface area contributed by atoms with E-state index in [4.69, 9.17) is 0 Å². The number of aryl methyl sites for hydroxylation is 1. The van der Waals surface area contributed by atoms with Crippen molar-refractivity contribution in [3.63, 3.8) is 0 Å². The van der Waals surface area contributed by atoms with Gasteiger partial charge in [0.25, 0.3) is 0 Å². The van der Waals surface area contributed by atoms with Gasteiger partial charge in [-0.25, -0.2) is 0 Å². The van der Waals surface area contributed by atoms with Gasteiger partial charge in [0.05, 0.1) is 6.54 Å². The molecule has 1 aliphatic rings. The standard InChI is InChI=1S/C16H27N3OS/c1-13-4-5-15(21-13)12-19(9-8-18(2)3)16(20)10-14-6-7-17-11-14/h4-5,14,17H,6-12H2,1-3H3/t14-/m1/s1. The first-order valence-electron chi connectivity index (χ1n) is 7.73. The Morgan fingerprint density at radius 1 is 1.38 bits per heavy atom. The molecule has 1 saturated heterocycles. The predicted octanol–water partition coefficient (Wildman–Crippen LogP) is 1.95. The molecular formula is C16H27N3OS. The number of hydrogen-bond donors (Lipinski definition) is 1. The minimum Gasteiger partial charge on any atom is -0.336 e. The van der Waals surface area contributed by atoms with Gasteiger partial charge in [-0.2, -0.15) is 0 Å². The summed E-state index contributed by atoms with van der Waals surface area (Å²) in [5.74, 6) is 0.820. The molecule has 21 heavy (non-hydrogen) atoms.